The molecule has 0 amide bonds. The Morgan fingerprint density at radius 3 is 2.67 bits per heavy atom. The Morgan fingerprint density at radius 2 is 1.94 bits per heavy atom. The highest BCUT2D eigenvalue weighted by molar-refractivity contribution is 5.28. The van der Waals surface area contributed by atoms with Gasteiger partial charge in [-0.15, -0.1) is 0 Å². The van der Waals surface area contributed by atoms with Gasteiger partial charge in [0.15, 0.2) is 0 Å². The molecule has 1 rings (SSSR count). The molecule has 1 N–H and O–H groups in total. The fraction of sp³-hybridized carbons (Fsp3) is 0.600. The zero-order valence-corrected chi connectivity index (χ0v) is 11.7. The van der Waals surface area contributed by atoms with Crippen LogP contribution in [0.5, 0.6) is 0 Å². The minimum Gasteiger partial charge on any atom is -0.382 e. The van der Waals surface area contributed by atoms with Gasteiger partial charge in [0.2, 0.25) is 0 Å². The number of nitrogens with one attached hydrogen (secondary N) is 1. The average molecular weight is 251 g/mol. The van der Waals surface area contributed by atoms with Gasteiger partial charge in [-0.2, -0.15) is 0 Å². The van der Waals surface area contributed by atoms with Crippen LogP contribution in [0.2, 0.25) is 0 Å². The molecule has 3 nitrogen and oxygen atoms in total. The number of benzene rings is 1. The van der Waals surface area contributed by atoms with E-state index >= 15 is 0 Å². The van der Waals surface area contributed by atoms with E-state index in [0.29, 0.717) is 19.3 Å². The number of rotatable bonds is 9. The number of hydrogen-bond acceptors (Lipinski definition) is 3. The lowest BCUT2D eigenvalue weighted by atomic mass is 10.0. The zero-order valence-electron chi connectivity index (χ0n) is 11.7. The topological polar surface area (TPSA) is 30.5 Å². The van der Waals surface area contributed by atoms with Crippen LogP contribution in [-0.4, -0.2) is 33.5 Å². The van der Waals surface area contributed by atoms with Crippen LogP contribution in [0.4, 0.5) is 0 Å². The van der Waals surface area contributed by atoms with Crippen molar-refractivity contribution in [1.29, 1.82) is 0 Å². The van der Waals surface area contributed by atoms with Crippen LogP contribution >= 0.6 is 0 Å². The van der Waals surface area contributed by atoms with Crippen molar-refractivity contribution in [3.63, 3.8) is 0 Å². The van der Waals surface area contributed by atoms with Gasteiger partial charge in [0.1, 0.15) is 0 Å². The first-order valence-electron chi connectivity index (χ1n) is 6.61. The van der Waals surface area contributed by atoms with Crippen molar-refractivity contribution < 1.29 is 9.47 Å². The molecule has 18 heavy (non-hydrogen) atoms. The van der Waals surface area contributed by atoms with Crippen LogP contribution in [0.15, 0.2) is 24.3 Å². The highest BCUT2D eigenvalue weighted by Gasteiger charge is 2.06. The average Bonchev–Trinajstić information content (AvgIpc) is 2.38. The van der Waals surface area contributed by atoms with Crippen LogP contribution in [0.1, 0.15) is 30.5 Å². The van der Waals surface area contributed by atoms with Crippen LogP contribution in [-0.2, 0) is 9.47 Å². The van der Waals surface area contributed by atoms with Crippen LogP contribution < -0.4 is 5.32 Å². The summed E-state index contributed by atoms with van der Waals surface area (Å²) in [6, 6.07) is 8.90. The molecule has 1 unspecified atom stereocenters. The van der Waals surface area contributed by atoms with Crippen LogP contribution in [0, 0.1) is 6.92 Å². The quantitative estimate of drug-likeness (QED) is 0.685. The summed E-state index contributed by atoms with van der Waals surface area (Å²) in [6.07, 6.45) is 1.03. The summed E-state index contributed by atoms with van der Waals surface area (Å²) in [5, 5.41) is 3.52. The Morgan fingerprint density at radius 1 is 1.17 bits per heavy atom. The summed E-state index contributed by atoms with van der Waals surface area (Å²) in [6.45, 7) is 7.48. The SMILES string of the molecule is COCCOCCCNC(C)c1ccccc1C. The van der Waals surface area contributed by atoms with Crippen molar-refractivity contribution in [2.75, 3.05) is 33.5 Å². The molecule has 0 aliphatic heterocycles. The summed E-state index contributed by atoms with van der Waals surface area (Å²) >= 11 is 0. The fourth-order valence-corrected chi connectivity index (χ4v) is 1.92. The maximum atomic E-state index is 5.42. The Labute approximate surface area is 110 Å². The van der Waals surface area contributed by atoms with Gasteiger partial charge in [0.25, 0.3) is 0 Å². The van der Waals surface area contributed by atoms with Gasteiger partial charge in [0, 0.05) is 19.8 Å². The molecular formula is C15H25NO2. The largest absolute Gasteiger partial charge is 0.382 e. The minimum atomic E-state index is 0.394. The van der Waals surface area contributed by atoms with Gasteiger partial charge in [-0.1, -0.05) is 24.3 Å². The third kappa shape index (κ3) is 5.63. The second-order valence-electron chi connectivity index (χ2n) is 4.49. The van der Waals surface area contributed by atoms with E-state index in [4.69, 9.17) is 9.47 Å². The van der Waals surface area contributed by atoms with Crippen molar-refractivity contribution in [1.82, 2.24) is 5.32 Å². The van der Waals surface area contributed by atoms with Crippen LogP contribution in [0.25, 0.3) is 0 Å². The van der Waals surface area contributed by atoms with Crippen molar-refractivity contribution in [2.45, 2.75) is 26.3 Å². The predicted octanol–water partition coefficient (Wildman–Crippen LogP) is 2.70. The lowest BCUT2D eigenvalue weighted by molar-refractivity contribution is 0.0693. The monoisotopic (exact) mass is 251 g/mol. The van der Waals surface area contributed by atoms with Crippen molar-refractivity contribution in [3.8, 4) is 0 Å². The van der Waals surface area contributed by atoms with E-state index in [1.807, 2.05) is 0 Å². The minimum absolute atomic E-state index is 0.394. The van der Waals surface area contributed by atoms with E-state index in [1.165, 1.54) is 11.1 Å². The lowest BCUT2D eigenvalue weighted by Gasteiger charge is -2.16. The summed E-state index contributed by atoms with van der Waals surface area (Å²) < 4.78 is 10.3. The highest BCUT2D eigenvalue weighted by atomic mass is 16.5. The second kappa shape index (κ2) is 9.09. The lowest BCUT2D eigenvalue weighted by Crippen LogP contribution is -2.21. The molecule has 0 fully saturated rings. The molecule has 0 saturated carbocycles. The molecule has 0 saturated heterocycles. The molecule has 0 radical (unpaired) electrons. The van der Waals surface area contributed by atoms with Crippen molar-refractivity contribution in [2.24, 2.45) is 0 Å². The molecule has 0 heterocycles. The third-order valence-corrected chi connectivity index (χ3v) is 3.00. The van der Waals surface area contributed by atoms with E-state index in [2.05, 4.69) is 43.4 Å². The number of methoxy groups -OCH3 is 1. The third-order valence-electron chi connectivity index (χ3n) is 3.00. The first kappa shape index (κ1) is 15.2. The van der Waals surface area contributed by atoms with E-state index < -0.39 is 0 Å². The first-order chi connectivity index (χ1) is 8.75. The number of aryl methyl sites for hydroxylation is 1. The fourth-order valence-electron chi connectivity index (χ4n) is 1.92. The standard InChI is InChI=1S/C15H25NO2/c1-13-7-4-5-8-15(13)14(2)16-9-6-10-18-12-11-17-3/h4-5,7-8,14,16H,6,9-12H2,1-3H3. The second-order valence-corrected chi connectivity index (χ2v) is 4.49. The summed E-state index contributed by atoms with van der Waals surface area (Å²) in [5.41, 5.74) is 2.71. The Hall–Kier alpha value is -0.900. The molecule has 0 aliphatic carbocycles. The number of hydrogen-bond donors (Lipinski definition) is 1. The maximum Gasteiger partial charge on any atom is 0.0700 e. The Balaban J connectivity index is 2.14. The van der Waals surface area contributed by atoms with Gasteiger partial charge in [-0.25, -0.2) is 0 Å². The molecule has 102 valence electrons. The predicted molar refractivity (Wildman–Crippen MR) is 74.9 cm³/mol. The van der Waals surface area contributed by atoms with Gasteiger partial charge in [-0.3, -0.25) is 0 Å². The molecule has 1 atom stereocenters. The van der Waals surface area contributed by atoms with E-state index in [9.17, 15) is 0 Å². The summed E-state index contributed by atoms with van der Waals surface area (Å²) in [4.78, 5) is 0. The molecule has 0 aromatic heterocycles. The Bertz CT molecular complexity index is 328. The number of ether oxygens (including phenoxy) is 2. The highest BCUT2D eigenvalue weighted by Crippen LogP contribution is 2.16. The normalized spacial score (nSPS) is 12.6. The molecule has 0 bridgehead atoms. The molecule has 1 aromatic rings. The first-order valence-corrected chi connectivity index (χ1v) is 6.61. The van der Waals surface area contributed by atoms with E-state index in [-0.39, 0.29) is 0 Å². The van der Waals surface area contributed by atoms with E-state index in [1.54, 1.807) is 7.11 Å². The molecule has 0 spiro atoms. The molecule has 0 aliphatic rings. The molecule has 3 heteroatoms. The maximum absolute atomic E-state index is 5.42. The van der Waals surface area contributed by atoms with Gasteiger partial charge in [-0.05, 0) is 37.9 Å². The van der Waals surface area contributed by atoms with Crippen molar-refractivity contribution >= 4 is 0 Å². The van der Waals surface area contributed by atoms with Crippen molar-refractivity contribution in [3.05, 3.63) is 35.4 Å². The van der Waals surface area contributed by atoms with E-state index in [0.717, 1.165) is 19.6 Å². The summed E-state index contributed by atoms with van der Waals surface area (Å²) in [7, 11) is 1.69. The van der Waals surface area contributed by atoms with Gasteiger partial charge >= 0.3 is 0 Å². The summed E-state index contributed by atoms with van der Waals surface area (Å²) in [5.74, 6) is 0. The van der Waals surface area contributed by atoms with Gasteiger partial charge in [0.05, 0.1) is 13.2 Å². The molecule has 1 aromatic carbocycles. The Kier molecular flexibility index (Phi) is 7.65. The van der Waals surface area contributed by atoms with Crippen LogP contribution in [0.3, 0.4) is 0 Å². The molecular weight excluding hydrogens is 226 g/mol. The smallest absolute Gasteiger partial charge is 0.0700 e. The zero-order chi connectivity index (χ0) is 13.2. The van der Waals surface area contributed by atoms with Gasteiger partial charge < -0.3 is 14.8 Å².